The smallest absolute Gasteiger partial charge is 0.338 e. The summed E-state index contributed by atoms with van der Waals surface area (Å²) in [4.78, 5) is 27.4. The Morgan fingerprint density at radius 3 is 2.32 bits per heavy atom. The summed E-state index contributed by atoms with van der Waals surface area (Å²) in [6.45, 7) is 2.14. The van der Waals surface area contributed by atoms with Gasteiger partial charge in [0, 0.05) is 25.2 Å². The van der Waals surface area contributed by atoms with Crippen LogP contribution in [0, 0.1) is 0 Å². The number of Topliss-reactive ketones (excluding diaryl/α,β-unsaturated/α-hetero) is 1. The molecule has 0 saturated carbocycles. The largest absolute Gasteiger partial charge is 0.462 e. The van der Waals surface area contributed by atoms with Crippen molar-refractivity contribution in [2.24, 2.45) is 0 Å². The third kappa shape index (κ3) is 4.81. The van der Waals surface area contributed by atoms with E-state index < -0.39 is 0 Å². The van der Waals surface area contributed by atoms with Crippen LogP contribution in [0.15, 0.2) is 48.8 Å². The molecular formula is C18H19NO3. The fraction of sp³-hybridized carbons (Fsp3) is 0.278. The minimum absolute atomic E-state index is 0.195. The van der Waals surface area contributed by atoms with Gasteiger partial charge < -0.3 is 4.74 Å². The number of ether oxygens (including phenoxy) is 1. The van der Waals surface area contributed by atoms with Gasteiger partial charge in [-0.1, -0.05) is 12.1 Å². The number of carbonyl (C=O) groups is 2. The molecule has 1 heterocycles. The van der Waals surface area contributed by atoms with Crippen LogP contribution in [-0.4, -0.2) is 23.3 Å². The number of nitrogens with zero attached hydrogens (tertiary/aromatic N) is 1. The first kappa shape index (κ1) is 15.9. The fourth-order valence-electron chi connectivity index (χ4n) is 2.12. The molecule has 114 valence electrons. The van der Waals surface area contributed by atoms with Gasteiger partial charge in [0.1, 0.15) is 5.78 Å². The Balaban J connectivity index is 1.84. The van der Waals surface area contributed by atoms with Crippen molar-refractivity contribution in [1.29, 1.82) is 0 Å². The highest BCUT2D eigenvalue weighted by atomic mass is 16.5. The molecule has 0 radical (unpaired) electrons. The molecule has 22 heavy (non-hydrogen) atoms. The summed E-state index contributed by atoms with van der Waals surface area (Å²) < 4.78 is 4.93. The molecule has 4 nitrogen and oxygen atoms in total. The molecule has 0 atom stereocenters. The second kappa shape index (κ2) is 8.08. The number of aromatic nitrogens is 1. The van der Waals surface area contributed by atoms with E-state index in [4.69, 9.17) is 4.74 Å². The van der Waals surface area contributed by atoms with Gasteiger partial charge in [-0.05, 0) is 48.7 Å². The summed E-state index contributed by atoms with van der Waals surface area (Å²) in [6.07, 6.45) is 4.98. The number of hydrogen-bond donors (Lipinski definition) is 0. The molecule has 2 aromatic rings. The first-order valence-corrected chi connectivity index (χ1v) is 7.35. The highest BCUT2D eigenvalue weighted by Gasteiger charge is 2.07. The molecule has 4 heteroatoms. The number of esters is 1. The molecule has 0 amide bonds. The Labute approximate surface area is 130 Å². The van der Waals surface area contributed by atoms with Gasteiger partial charge in [0.25, 0.3) is 0 Å². The van der Waals surface area contributed by atoms with E-state index in [1.54, 1.807) is 31.5 Å². The summed E-state index contributed by atoms with van der Waals surface area (Å²) in [5.41, 5.74) is 2.56. The van der Waals surface area contributed by atoms with E-state index in [0.29, 0.717) is 31.4 Å². The molecule has 0 fully saturated rings. The number of rotatable bonds is 7. The van der Waals surface area contributed by atoms with Crippen LogP contribution in [0.2, 0.25) is 0 Å². The molecule has 0 bridgehead atoms. The van der Waals surface area contributed by atoms with E-state index in [0.717, 1.165) is 11.1 Å². The lowest BCUT2D eigenvalue weighted by Crippen LogP contribution is -2.06. The van der Waals surface area contributed by atoms with Gasteiger partial charge in [-0.2, -0.15) is 0 Å². The Kier molecular flexibility index (Phi) is 5.83. The number of carbonyl (C=O) groups excluding carboxylic acids is 2. The van der Waals surface area contributed by atoms with Crippen LogP contribution in [0.5, 0.6) is 0 Å². The molecule has 0 unspecified atom stereocenters. The van der Waals surface area contributed by atoms with Gasteiger partial charge in [-0.25, -0.2) is 4.79 Å². The van der Waals surface area contributed by atoms with Crippen molar-refractivity contribution in [1.82, 2.24) is 4.98 Å². The molecule has 0 aliphatic rings. The van der Waals surface area contributed by atoms with Crippen LogP contribution in [0.4, 0.5) is 0 Å². The standard InChI is InChI=1S/C18H19NO3/c1-2-22-18(21)16-6-3-14(4-7-16)5-8-17(20)13-15-9-11-19-12-10-15/h3-4,6-7,9-12H,2,5,8,13H2,1H3. The first-order valence-electron chi connectivity index (χ1n) is 7.35. The molecule has 2 rings (SSSR count). The first-order chi connectivity index (χ1) is 10.7. The third-order valence-corrected chi connectivity index (χ3v) is 3.31. The number of benzene rings is 1. The van der Waals surface area contributed by atoms with Gasteiger partial charge in [-0.15, -0.1) is 0 Å². The molecule has 0 saturated heterocycles. The van der Waals surface area contributed by atoms with Crippen molar-refractivity contribution >= 4 is 11.8 Å². The van der Waals surface area contributed by atoms with Crippen molar-refractivity contribution in [3.8, 4) is 0 Å². The second-order valence-corrected chi connectivity index (χ2v) is 4.99. The van der Waals surface area contributed by atoms with Gasteiger partial charge >= 0.3 is 5.97 Å². The lowest BCUT2D eigenvalue weighted by Gasteiger charge is -2.04. The van der Waals surface area contributed by atoms with E-state index >= 15 is 0 Å². The lowest BCUT2D eigenvalue weighted by atomic mass is 10.0. The zero-order chi connectivity index (χ0) is 15.8. The minimum atomic E-state index is -0.317. The molecule has 0 aliphatic carbocycles. The van der Waals surface area contributed by atoms with E-state index in [2.05, 4.69) is 4.98 Å². The van der Waals surface area contributed by atoms with Crippen LogP contribution in [0.1, 0.15) is 34.8 Å². The maximum Gasteiger partial charge on any atom is 0.338 e. The predicted molar refractivity (Wildman–Crippen MR) is 83.7 cm³/mol. The molecule has 1 aromatic heterocycles. The second-order valence-electron chi connectivity index (χ2n) is 4.99. The minimum Gasteiger partial charge on any atom is -0.462 e. The van der Waals surface area contributed by atoms with Crippen molar-refractivity contribution in [2.45, 2.75) is 26.2 Å². The van der Waals surface area contributed by atoms with Crippen molar-refractivity contribution in [2.75, 3.05) is 6.61 Å². The van der Waals surface area contributed by atoms with Crippen molar-refractivity contribution in [3.63, 3.8) is 0 Å². The van der Waals surface area contributed by atoms with Crippen LogP contribution >= 0.6 is 0 Å². The maximum absolute atomic E-state index is 12.0. The van der Waals surface area contributed by atoms with Crippen LogP contribution in [-0.2, 0) is 22.4 Å². The quantitative estimate of drug-likeness (QED) is 0.737. The van der Waals surface area contributed by atoms with Crippen molar-refractivity contribution < 1.29 is 14.3 Å². The Morgan fingerprint density at radius 1 is 1.00 bits per heavy atom. The SMILES string of the molecule is CCOC(=O)c1ccc(CCC(=O)Cc2ccncc2)cc1. The average Bonchev–Trinajstić information content (AvgIpc) is 2.54. The number of ketones is 1. The van der Waals surface area contributed by atoms with Crippen molar-refractivity contribution in [3.05, 3.63) is 65.5 Å². The molecular weight excluding hydrogens is 278 g/mol. The normalized spacial score (nSPS) is 10.2. The van der Waals surface area contributed by atoms with Gasteiger partial charge in [-0.3, -0.25) is 9.78 Å². The number of aryl methyl sites for hydroxylation is 1. The molecule has 0 N–H and O–H groups in total. The van der Waals surface area contributed by atoms with E-state index in [-0.39, 0.29) is 11.8 Å². The summed E-state index contributed by atoms with van der Waals surface area (Å²) in [5, 5.41) is 0. The predicted octanol–water partition coefficient (Wildman–Crippen LogP) is 3.00. The summed E-state index contributed by atoms with van der Waals surface area (Å²) in [7, 11) is 0. The van der Waals surface area contributed by atoms with Gasteiger partial charge in [0.2, 0.25) is 0 Å². The lowest BCUT2D eigenvalue weighted by molar-refractivity contribution is -0.118. The highest BCUT2D eigenvalue weighted by molar-refractivity contribution is 5.89. The molecule has 0 spiro atoms. The number of pyridine rings is 1. The van der Waals surface area contributed by atoms with Crippen LogP contribution in [0.25, 0.3) is 0 Å². The summed E-state index contributed by atoms with van der Waals surface area (Å²) >= 11 is 0. The Bertz CT molecular complexity index is 621. The summed E-state index contributed by atoms with van der Waals surface area (Å²) in [5.74, 6) is -0.122. The fourth-order valence-corrected chi connectivity index (χ4v) is 2.12. The van der Waals surface area contributed by atoms with Crippen LogP contribution < -0.4 is 0 Å². The average molecular weight is 297 g/mol. The van der Waals surface area contributed by atoms with E-state index in [1.165, 1.54) is 0 Å². The molecule has 0 aliphatic heterocycles. The zero-order valence-electron chi connectivity index (χ0n) is 12.6. The van der Waals surface area contributed by atoms with Gasteiger partial charge in [0.05, 0.1) is 12.2 Å². The highest BCUT2D eigenvalue weighted by Crippen LogP contribution is 2.09. The summed E-state index contributed by atoms with van der Waals surface area (Å²) in [6, 6.07) is 10.9. The van der Waals surface area contributed by atoms with Gasteiger partial charge in [0.15, 0.2) is 0 Å². The third-order valence-electron chi connectivity index (χ3n) is 3.31. The molecule has 1 aromatic carbocycles. The van der Waals surface area contributed by atoms with E-state index in [1.807, 2.05) is 24.3 Å². The maximum atomic E-state index is 12.0. The number of hydrogen-bond acceptors (Lipinski definition) is 4. The zero-order valence-corrected chi connectivity index (χ0v) is 12.6. The van der Waals surface area contributed by atoms with Crippen LogP contribution in [0.3, 0.4) is 0 Å². The van der Waals surface area contributed by atoms with E-state index in [9.17, 15) is 9.59 Å². The Hall–Kier alpha value is -2.49. The Morgan fingerprint density at radius 2 is 1.68 bits per heavy atom. The monoisotopic (exact) mass is 297 g/mol. The topological polar surface area (TPSA) is 56.3 Å².